The lowest BCUT2D eigenvalue weighted by Crippen LogP contribution is -2.57. The first-order chi connectivity index (χ1) is 25.6. The van der Waals surface area contributed by atoms with Crippen LogP contribution in [0.3, 0.4) is 0 Å². The molecular formula is C42H61ClN4O4S2. The molecule has 53 heavy (non-hydrogen) atoms. The monoisotopic (exact) mass is 784 g/mol. The molecule has 8 nitrogen and oxygen atoms in total. The molecule has 4 aliphatic rings. The molecule has 2 fully saturated rings. The van der Waals surface area contributed by atoms with E-state index in [4.69, 9.17) is 21.1 Å². The maximum absolute atomic E-state index is 13.8. The number of amides is 1. The maximum Gasteiger partial charge on any atom is 0.260 e. The predicted octanol–water partition coefficient (Wildman–Crippen LogP) is 7.06. The molecule has 8 unspecified atom stereocenters. The minimum absolute atomic E-state index is 0.0884. The highest BCUT2D eigenvalue weighted by atomic mass is 35.5. The zero-order valence-corrected chi connectivity index (χ0v) is 34.6. The molecule has 292 valence electrons. The van der Waals surface area contributed by atoms with E-state index in [1.807, 2.05) is 31.4 Å². The van der Waals surface area contributed by atoms with E-state index in [9.17, 15) is 9.00 Å². The summed E-state index contributed by atoms with van der Waals surface area (Å²) >= 11 is 6.52. The van der Waals surface area contributed by atoms with Crippen LogP contribution >= 0.6 is 22.3 Å². The largest absolute Gasteiger partial charge is 0.491 e. The van der Waals surface area contributed by atoms with Crippen LogP contribution in [0.25, 0.3) is 0 Å². The second-order valence-corrected chi connectivity index (χ2v) is 19.6. The lowest BCUT2D eigenvalue weighted by molar-refractivity contribution is -0.0913. The first kappa shape index (κ1) is 40.5. The number of hydrogen-bond acceptors (Lipinski definition) is 7. The van der Waals surface area contributed by atoms with Gasteiger partial charge < -0.3 is 24.4 Å². The van der Waals surface area contributed by atoms with Gasteiger partial charge in [0.15, 0.2) is 0 Å². The second kappa shape index (κ2) is 18.6. The van der Waals surface area contributed by atoms with Crippen molar-refractivity contribution in [3.63, 3.8) is 0 Å². The number of benzene rings is 2. The molecule has 2 aromatic rings. The van der Waals surface area contributed by atoms with Gasteiger partial charge in [0.05, 0.1) is 12.3 Å². The molecule has 0 radical (unpaired) electrons. The van der Waals surface area contributed by atoms with Crippen LogP contribution in [0, 0.1) is 17.8 Å². The Bertz CT molecular complexity index is 1660. The summed E-state index contributed by atoms with van der Waals surface area (Å²) in [6.07, 6.45) is 10.7. The van der Waals surface area contributed by atoms with Crippen molar-refractivity contribution in [3.05, 3.63) is 70.3 Å². The number of anilines is 1. The number of ether oxygens (including phenoxy) is 2. The molecule has 1 aliphatic carbocycles. The van der Waals surface area contributed by atoms with Crippen LogP contribution in [0.2, 0.25) is 5.02 Å². The summed E-state index contributed by atoms with van der Waals surface area (Å²) in [5, 5.41) is 4.48. The Hall–Kier alpha value is -2.21. The topological polar surface area (TPSA) is 83.1 Å². The van der Waals surface area contributed by atoms with Gasteiger partial charge in [-0.25, -0.2) is 0 Å². The van der Waals surface area contributed by atoms with Gasteiger partial charge in [-0.05, 0) is 97.9 Å². The van der Waals surface area contributed by atoms with Gasteiger partial charge in [-0.1, -0.05) is 73.6 Å². The summed E-state index contributed by atoms with van der Waals surface area (Å²) in [6.45, 7) is 13.1. The van der Waals surface area contributed by atoms with E-state index in [0.717, 1.165) is 112 Å². The van der Waals surface area contributed by atoms with Crippen LogP contribution in [0.5, 0.6) is 5.75 Å². The first-order valence-electron chi connectivity index (χ1n) is 19.8. The van der Waals surface area contributed by atoms with Gasteiger partial charge in [-0.2, -0.15) is 0 Å². The van der Waals surface area contributed by atoms with Crippen molar-refractivity contribution >= 4 is 50.5 Å². The zero-order chi connectivity index (χ0) is 37.5. The van der Waals surface area contributed by atoms with Gasteiger partial charge in [-0.3, -0.25) is 13.9 Å². The number of allylic oxidation sites excluding steroid dienone is 1. The van der Waals surface area contributed by atoms with Crippen LogP contribution in [0.4, 0.5) is 5.69 Å². The third-order valence-electron chi connectivity index (χ3n) is 12.2. The van der Waals surface area contributed by atoms with Crippen LogP contribution in [-0.4, -0.2) is 103 Å². The van der Waals surface area contributed by atoms with E-state index in [1.165, 1.54) is 11.1 Å². The van der Waals surface area contributed by atoms with Gasteiger partial charge in [0, 0.05) is 90.4 Å². The van der Waals surface area contributed by atoms with E-state index >= 15 is 0 Å². The average Bonchev–Trinajstić information content (AvgIpc) is 3.31. The number of carbonyl (C=O) groups is 1. The van der Waals surface area contributed by atoms with E-state index in [2.05, 4.69) is 70.8 Å². The maximum atomic E-state index is 13.8. The number of methoxy groups -OCH3 is 1. The summed E-state index contributed by atoms with van der Waals surface area (Å²) in [5.74, 6) is 7.78. The van der Waals surface area contributed by atoms with Crippen LogP contribution in [0.1, 0.15) is 80.3 Å². The molecule has 0 spiro atoms. The Morgan fingerprint density at radius 1 is 1.09 bits per heavy atom. The number of aryl methyl sites for hydroxylation is 1. The fraction of sp³-hybridized carbons (Fsp3) is 0.619. The van der Waals surface area contributed by atoms with Gasteiger partial charge in [0.25, 0.3) is 5.91 Å². The van der Waals surface area contributed by atoms with Gasteiger partial charge >= 0.3 is 0 Å². The Balaban J connectivity index is 1.38. The van der Waals surface area contributed by atoms with Crippen LogP contribution in [0.15, 0.2) is 48.6 Å². The molecule has 2 aromatic carbocycles. The number of nitrogens with one attached hydrogen (secondary N) is 2. The third-order valence-corrected chi connectivity index (χ3v) is 15.6. The SMILES string of the molecule is C=S1NC(=O)c2ccc3c(c2)N(CC(c2ccc(Cl)cc2CCC)CO3)CC2CCC2C(CN2CCCS(=O)CCNCC2)(OC)/C=C/CC(C)C1C. The highest BCUT2D eigenvalue weighted by Gasteiger charge is 2.48. The lowest BCUT2D eigenvalue weighted by atomic mass is 9.63. The Morgan fingerprint density at radius 2 is 1.94 bits per heavy atom. The number of fused-ring (bicyclic) bond motifs is 2. The Labute approximate surface area is 328 Å². The van der Waals surface area contributed by atoms with Crippen molar-refractivity contribution < 1.29 is 18.5 Å². The van der Waals surface area contributed by atoms with Crippen LogP contribution in [-0.2, 0) is 22.0 Å². The number of carbonyl (C=O) groups excluding carboxylic acids is 1. The molecule has 3 aliphatic heterocycles. The van der Waals surface area contributed by atoms with E-state index in [-0.39, 0.29) is 17.1 Å². The second-order valence-electron chi connectivity index (χ2n) is 15.7. The van der Waals surface area contributed by atoms with Gasteiger partial charge in [0.1, 0.15) is 11.4 Å². The van der Waals surface area contributed by atoms with Gasteiger partial charge in [0.2, 0.25) is 0 Å². The average molecular weight is 786 g/mol. The fourth-order valence-corrected chi connectivity index (χ4v) is 11.1. The van der Waals surface area contributed by atoms with Crippen molar-refractivity contribution in [3.8, 4) is 5.75 Å². The van der Waals surface area contributed by atoms with Crippen LogP contribution < -0.4 is 19.7 Å². The minimum Gasteiger partial charge on any atom is -0.491 e. The molecule has 11 heteroatoms. The molecular weight excluding hydrogens is 724 g/mol. The van der Waals surface area contributed by atoms with Crippen molar-refractivity contribution in [2.24, 2.45) is 17.8 Å². The molecule has 1 saturated carbocycles. The van der Waals surface area contributed by atoms with Crippen molar-refractivity contribution in [1.82, 2.24) is 14.9 Å². The van der Waals surface area contributed by atoms with Crippen molar-refractivity contribution in [2.75, 3.05) is 75.9 Å². The fourth-order valence-electron chi connectivity index (χ4n) is 8.69. The summed E-state index contributed by atoms with van der Waals surface area (Å²) in [7, 11) is 0.547. The number of rotatable bonds is 6. The number of nitrogens with zero attached hydrogens (tertiary/aromatic N) is 2. The lowest BCUT2D eigenvalue weighted by Gasteiger charge is -2.51. The first-order valence-corrected chi connectivity index (χ1v) is 23.1. The highest BCUT2D eigenvalue weighted by Crippen LogP contribution is 2.47. The predicted molar refractivity (Wildman–Crippen MR) is 225 cm³/mol. The molecule has 2 N–H and O–H groups in total. The highest BCUT2D eigenvalue weighted by molar-refractivity contribution is 8.13. The summed E-state index contributed by atoms with van der Waals surface area (Å²) in [5.41, 5.74) is 3.71. The van der Waals surface area contributed by atoms with Gasteiger partial charge in [-0.15, -0.1) is 0 Å². The summed E-state index contributed by atoms with van der Waals surface area (Å²) in [4.78, 5) is 18.8. The molecule has 1 amide bonds. The Morgan fingerprint density at radius 3 is 2.72 bits per heavy atom. The van der Waals surface area contributed by atoms with Crippen molar-refractivity contribution in [2.45, 2.75) is 76.1 Å². The number of halogens is 1. The quantitative estimate of drug-likeness (QED) is 0.240. The molecule has 3 heterocycles. The third kappa shape index (κ3) is 9.79. The van der Waals surface area contributed by atoms with E-state index < -0.39 is 27.1 Å². The molecule has 6 rings (SSSR count). The molecule has 0 aromatic heterocycles. The smallest absolute Gasteiger partial charge is 0.260 e. The number of hydrogen-bond donors (Lipinski definition) is 2. The summed E-state index contributed by atoms with van der Waals surface area (Å²) < 4.78 is 29.2. The molecule has 2 bridgehead atoms. The minimum atomic E-state index is -0.783. The zero-order valence-electron chi connectivity index (χ0n) is 32.2. The normalized spacial score (nSPS) is 32.7. The van der Waals surface area contributed by atoms with E-state index in [1.54, 1.807) is 0 Å². The molecule has 1 saturated heterocycles. The standard InChI is InChI=1S/C42H61ClN4O4S2/c1-6-9-32-24-36(43)13-14-37(32)35-27-47-26-34-11-15-38(34)42(50-4,29-46-20-8-22-53(49)23-19-44-18-21-46)17-7-10-30(2)31(3)52(5)45-41(48)33-12-16-40(51-28-35)39(47)25-33/h7,12-14,16-17,24-25,30-31,34-35,38,44H,5-6,8-11,15,18-23,26-29H2,1-4H3,(H,45,48)/b17-7+. The summed E-state index contributed by atoms with van der Waals surface area (Å²) in [6, 6.07) is 12.2. The Kier molecular flexibility index (Phi) is 14.2. The molecule has 8 atom stereocenters. The van der Waals surface area contributed by atoms with Crippen molar-refractivity contribution in [1.29, 1.82) is 0 Å². The van der Waals surface area contributed by atoms with E-state index in [0.29, 0.717) is 29.9 Å².